The van der Waals surface area contributed by atoms with E-state index in [2.05, 4.69) is 10.0 Å². The van der Waals surface area contributed by atoms with Gasteiger partial charge in [-0.1, -0.05) is 47.6 Å². The molecule has 22 heavy (non-hydrogen) atoms. The minimum atomic E-state index is -2.52. The molecule has 0 saturated heterocycles. The molecule has 0 saturated carbocycles. The van der Waals surface area contributed by atoms with Gasteiger partial charge in [-0.05, 0) is 22.7 Å². The number of hydrogen-bond acceptors (Lipinski definition) is 2. The van der Waals surface area contributed by atoms with Crippen LogP contribution in [-0.2, 0) is 6.54 Å². The van der Waals surface area contributed by atoms with Crippen molar-refractivity contribution in [3.8, 4) is 11.1 Å². The smallest absolute Gasteiger partial charge is 0.204 e. The van der Waals surface area contributed by atoms with Crippen LogP contribution in [0.2, 0.25) is 0 Å². The Morgan fingerprint density at radius 3 is 2.59 bits per heavy atom. The van der Waals surface area contributed by atoms with Crippen molar-refractivity contribution in [2.24, 2.45) is 5.11 Å². The summed E-state index contributed by atoms with van der Waals surface area (Å²) in [7, 11) is 0. The van der Waals surface area contributed by atoms with E-state index in [1.807, 2.05) is 48.5 Å². The van der Waals surface area contributed by atoms with E-state index >= 15 is 0 Å². The highest BCUT2D eigenvalue weighted by Crippen LogP contribution is 2.43. The molecule has 0 N–H and O–H groups in total. The summed E-state index contributed by atoms with van der Waals surface area (Å²) in [6.45, 7) is 0.217. The minimum Gasteiger partial charge on any atom is -0.204 e. The SMILES string of the molecule is [N-]=[N+]=NCc1ccc2c(-c3ccccc3)c(C(F)F)sc2c1. The van der Waals surface area contributed by atoms with Gasteiger partial charge < -0.3 is 0 Å². The lowest BCUT2D eigenvalue weighted by Crippen LogP contribution is -1.84. The van der Waals surface area contributed by atoms with Crippen LogP contribution in [-0.4, -0.2) is 0 Å². The lowest BCUT2D eigenvalue weighted by molar-refractivity contribution is 0.156. The van der Waals surface area contributed by atoms with Gasteiger partial charge in [-0.2, -0.15) is 0 Å². The van der Waals surface area contributed by atoms with E-state index in [1.54, 1.807) is 0 Å². The molecule has 0 radical (unpaired) electrons. The highest BCUT2D eigenvalue weighted by atomic mass is 32.1. The predicted octanol–water partition coefficient (Wildman–Crippen LogP) is 6.32. The molecule has 2 aromatic carbocycles. The van der Waals surface area contributed by atoms with Crippen molar-refractivity contribution in [3.63, 3.8) is 0 Å². The third-order valence-electron chi connectivity index (χ3n) is 3.36. The van der Waals surface area contributed by atoms with Gasteiger partial charge in [0.2, 0.25) is 0 Å². The van der Waals surface area contributed by atoms with Gasteiger partial charge >= 0.3 is 0 Å². The van der Waals surface area contributed by atoms with Crippen molar-refractivity contribution < 1.29 is 8.78 Å². The fourth-order valence-corrected chi connectivity index (χ4v) is 3.57. The van der Waals surface area contributed by atoms with Crippen LogP contribution in [0.4, 0.5) is 8.78 Å². The number of benzene rings is 2. The lowest BCUT2D eigenvalue weighted by Gasteiger charge is -2.04. The topological polar surface area (TPSA) is 48.8 Å². The Morgan fingerprint density at radius 1 is 1.14 bits per heavy atom. The summed E-state index contributed by atoms with van der Waals surface area (Å²) in [5, 5.41) is 4.31. The summed E-state index contributed by atoms with van der Waals surface area (Å²) >= 11 is 1.09. The van der Waals surface area contributed by atoms with E-state index in [1.165, 1.54) is 0 Å². The first-order chi connectivity index (χ1) is 10.7. The molecule has 0 aliphatic heterocycles. The first-order valence-electron chi connectivity index (χ1n) is 6.60. The van der Waals surface area contributed by atoms with Crippen molar-refractivity contribution in [2.45, 2.75) is 13.0 Å². The maximum atomic E-state index is 13.4. The second-order valence-corrected chi connectivity index (χ2v) is 5.81. The minimum absolute atomic E-state index is 0.0714. The molecule has 0 fully saturated rings. The predicted molar refractivity (Wildman–Crippen MR) is 85.1 cm³/mol. The molecule has 3 nitrogen and oxygen atoms in total. The van der Waals surface area contributed by atoms with E-state index in [0.717, 1.165) is 32.5 Å². The molecular formula is C16H11F2N3S. The molecule has 110 valence electrons. The maximum Gasteiger partial charge on any atom is 0.273 e. The highest BCUT2D eigenvalue weighted by molar-refractivity contribution is 7.19. The van der Waals surface area contributed by atoms with E-state index in [9.17, 15) is 8.78 Å². The molecule has 0 amide bonds. The van der Waals surface area contributed by atoms with Crippen molar-refractivity contribution in [2.75, 3.05) is 0 Å². The van der Waals surface area contributed by atoms with Crippen LogP contribution in [0.3, 0.4) is 0 Å². The molecule has 0 aliphatic rings. The normalized spacial score (nSPS) is 10.9. The number of hydrogen-bond donors (Lipinski definition) is 0. The van der Waals surface area contributed by atoms with Crippen LogP contribution in [0.5, 0.6) is 0 Å². The van der Waals surface area contributed by atoms with Crippen LogP contribution in [0.25, 0.3) is 31.7 Å². The largest absolute Gasteiger partial charge is 0.273 e. The van der Waals surface area contributed by atoms with Gasteiger partial charge in [-0.25, -0.2) is 8.78 Å². The molecule has 6 heteroatoms. The Kier molecular flexibility index (Phi) is 4.04. The number of alkyl halides is 2. The van der Waals surface area contributed by atoms with Crippen LogP contribution in [0.15, 0.2) is 53.6 Å². The maximum absolute atomic E-state index is 13.4. The van der Waals surface area contributed by atoms with Gasteiger partial charge in [0.25, 0.3) is 6.43 Å². The summed E-state index contributed by atoms with van der Waals surface area (Å²) in [4.78, 5) is 2.79. The average molecular weight is 315 g/mol. The molecule has 3 rings (SSSR count). The molecule has 1 heterocycles. The number of thiophene rings is 1. The Balaban J connectivity index is 2.21. The van der Waals surface area contributed by atoms with Gasteiger partial charge in [0.1, 0.15) is 0 Å². The van der Waals surface area contributed by atoms with Gasteiger partial charge in [0.05, 0.1) is 11.4 Å². The lowest BCUT2D eigenvalue weighted by atomic mass is 10.0. The zero-order chi connectivity index (χ0) is 15.5. The van der Waals surface area contributed by atoms with E-state index < -0.39 is 6.43 Å². The summed E-state index contributed by atoms with van der Waals surface area (Å²) in [5.74, 6) is 0. The Labute approximate surface area is 129 Å². The number of fused-ring (bicyclic) bond motifs is 1. The number of halogens is 2. The molecule has 0 aliphatic carbocycles. The zero-order valence-corrected chi connectivity index (χ0v) is 12.2. The first kappa shape index (κ1) is 14.5. The molecular weight excluding hydrogens is 304 g/mol. The summed E-state index contributed by atoms with van der Waals surface area (Å²) < 4.78 is 27.6. The highest BCUT2D eigenvalue weighted by Gasteiger charge is 2.20. The number of rotatable bonds is 4. The molecule has 0 atom stereocenters. The van der Waals surface area contributed by atoms with Gasteiger partial charge in [-0.15, -0.1) is 11.3 Å². The molecule has 0 bridgehead atoms. The third-order valence-corrected chi connectivity index (χ3v) is 4.52. The second-order valence-electron chi connectivity index (χ2n) is 4.73. The number of nitrogens with zero attached hydrogens (tertiary/aromatic N) is 3. The summed E-state index contributed by atoms with van der Waals surface area (Å²) in [6, 6.07) is 14.6. The second kappa shape index (κ2) is 6.13. The molecule has 1 aromatic heterocycles. The number of azide groups is 1. The summed E-state index contributed by atoms with van der Waals surface area (Å²) in [5.41, 5.74) is 10.6. The van der Waals surface area contributed by atoms with Crippen molar-refractivity contribution in [3.05, 3.63) is 69.4 Å². The average Bonchev–Trinajstić information content (AvgIpc) is 2.92. The standard InChI is InChI=1S/C16H11F2N3S/c17-16(18)15-14(11-4-2-1-3-5-11)12-7-6-10(9-20-21-19)8-13(12)22-15/h1-8,16H,9H2. The van der Waals surface area contributed by atoms with Gasteiger partial charge in [-0.3, -0.25) is 0 Å². The Bertz CT molecular complexity index is 852. The zero-order valence-electron chi connectivity index (χ0n) is 11.4. The van der Waals surface area contributed by atoms with Gasteiger partial charge in [0, 0.05) is 20.6 Å². The quantitative estimate of drug-likeness (QED) is 0.307. The van der Waals surface area contributed by atoms with E-state index in [4.69, 9.17) is 5.53 Å². The Hall–Kier alpha value is -2.43. The molecule has 0 unspecified atom stereocenters. The van der Waals surface area contributed by atoms with Crippen LogP contribution >= 0.6 is 11.3 Å². The van der Waals surface area contributed by atoms with Crippen LogP contribution in [0.1, 0.15) is 16.9 Å². The molecule has 0 spiro atoms. The van der Waals surface area contributed by atoms with Crippen LogP contribution in [0, 0.1) is 0 Å². The van der Waals surface area contributed by atoms with Crippen LogP contribution < -0.4 is 0 Å². The van der Waals surface area contributed by atoms with Crippen molar-refractivity contribution in [1.29, 1.82) is 0 Å². The summed E-state index contributed by atoms with van der Waals surface area (Å²) in [6.07, 6.45) is -2.52. The monoisotopic (exact) mass is 315 g/mol. The van der Waals surface area contributed by atoms with E-state index in [-0.39, 0.29) is 11.4 Å². The van der Waals surface area contributed by atoms with Crippen molar-refractivity contribution in [1.82, 2.24) is 0 Å². The fraction of sp³-hybridized carbons (Fsp3) is 0.125. The Morgan fingerprint density at radius 2 is 1.91 bits per heavy atom. The van der Waals surface area contributed by atoms with Crippen molar-refractivity contribution >= 4 is 21.4 Å². The fourth-order valence-electron chi connectivity index (χ4n) is 2.43. The third kappa shape index (κ3) is 2.66. The van der Waals surface area contributed by atoms with Gasteiger partial charge in [0.15, 0.2) is 0 Å². The van der Waals surface area contributed by atoms with E-state index in [0.29, 0.717) is 5.56 Å². The molecule has 3 aromatic rings. The first-order valence-corrected chi connectivity index (χ1v) is 7.42.